The number of ether oxygens (including phenoxy) is 1. The summed E-state index contributed by atoms with van der Waals surface area (Å²) in [5.74, 6) is 2.09. The van der Waals surface area contributed by atoms with Gasteiger partial charge < -0.3 is 19.6 Å². The van der Waals surface area contributed by atoms with Crippen molar-refractivity contribution in [1.29, 1.82) is 0 Å². The van der Waals surface area contributed by atoms with E-state index < -0.39 is 12.0 Å². The molecular weight excluding hydrogens is 480 g/mol. The number of carboxylic acids is 1. The van der Waals surface area contributed by atoms with Gasteiger partial charge in [0.15, 0.2) is 0 Å². The van der Waals surface area contributed by atoms with Crippen molar-refractivity contribution in [2.45, 2.75) is 65.3 Å². The van der Waals surface area contributed by atoms with Crippen LogP contribution < -0.4 is 10.1 Å². The third kappa shape index (κ3) is 7.24. The van der Waals surface area contributed by atoms with E-state index in [-0.39, 0.29) is 18.2 Å². The second kappa shape index (κ2) is 12.8. The van der Waals surface area contributed by atoms with Crippen molar-refractivity contribution in [2.75, 3.05) is 6.61 Å². The second-order valence-corrected chi connectivity index (χ2v) is 10.6. The standard InChI is InChI=1S/C31H38N2O5/c1-20(2)23-11-13-24(14-12-23)29(34)32-28(31(35)36)19-22-9-15-26(16-10-22)37-18-17-27-21(3)38-30(33-27)25-7-5-4-6-8-25/h4-10,15-16,20,23-24,28H,11-14,17-19H2,1-3H3,(H,32,34)(H,35,36)/t23-,24-,28-/m1/s1. The van der Waals surface area contributed by atoms with Gasteiger partial charge in [0.1, 0.15) is 17.6 Å². The number of aryl methyl sites for hydroxylation is 1. The summed E-state index contributed by atoms with van der Waals surface area (Å²) in [7, 11) is 0. The molecule has 38 heavy (non-hydrogen) atoms. The molecule has 2 N–H and O–H groups in total. The van der Waals surface area contributed by atoms with Gasteiger partial charge >= 0.3 is 5.97 Å². The average Bonchev–Trinajstić information content (AvgIpc) is 3.30. The number of hydrogen-bond donors (Lipinski definition) is 2. The molecule has 0 aliphatic heterocycles. The van der Waals surface area contributed by atoms with Gasteiger partial charge in [0.2, 0.25) is 11.8 Å². The van der Waals surface area contributed by atoms with Crippen molar-refractivity contribution in [3.8, 4) is 17.2 Å². The van der Waals surface area contributed by atoms with E-state index in [1.165, 1.54) is 0 Å². The van der Waals surface area contributed by atoms with Crippen LogP contribution in [-0.2, 0) is 22.4 Å². The molecule has 1 aliphatic rings. The van der Waals surface area contributed by atoms with Gasteiger partial charge in [-0.3, -0.25) is 4.79 Å². The fourth-order valence-electron chi connectivity index (χ4n) is 5.12. The van der Waals surface area contributed by atoms with Gasteiger partial charge in [0, 0.05) is 24.3 Å². The molecule has 4 rings (SSSR count). The Hall–Kier alpha value is -3.61. The first kappa shape index (κ1) is 27.4. The zero-order valence-corrected chi connectivity index (χ0v) is 22.5. The van der Waals surface area contributed by atoms with Crippen LogP contribution in [0.1, 0.15) is 56.5 Å². The molecule has 1 atom stereocenters. The molecule has 0 unspecified atom stereocenters. The molecule has 1 amide bonds. The lowest BCUT2D eigenvalue weighted by molar-refractivity contribution is -0.142. The number of nitrogens with zero attached hydrogens (tertiary/aromatic N) is 1. The SMILES string of the molecule is Cc1oc(-c2ccccc2)nc1CCOc1ccc(C[C@@H](NC(=O)[C@H]2CC[C@H](C(C)C)CC2)C(=O)O)cc1. The molecule has 1 fully saturated rings. The second-order valence-electron chi connectivity index (χ2n) is 10.6. The number of nitrogens with one attached hydrogen (secondary N) is 1. The maximum atomic E-state index is 12.8. The van der Waals surface area contributed by atoms with E-state index in [0.29, 0.717) is 36.5 Å². The largest absolute Gasteiger partial charge is 0.493 e. The lowest BCUT2D eigenvalue weighted by Crippen LogP contribution is -2.45. The number of amides is 1. The van der Waals surface area contributed by atoms with Crippen LogP contribution in [0.25, 0.3) is 11.5 Å². The van der Waals surface area contributed by atoms with Gasteiger partial charge in [-0.15, -0.1) is 0 Å². The van der Waals surface area contributed by atoms with Gasteiger partial charge in [0.25, 0.3) is 0 Å². The van der Waals surface area contributed by atoms with Crippen molar-refractivity contribution in [3.63, 3.8) is 0 Å². The molecule has 0 spiro atoms. The van der Waals surface area contributed by atoms with E-state index in [2.05, 4.69) is 24.1 Å². The van der Waals surface area contributed by atoms with Crippen molar-refractivity contribution in [2.24, 2.45) is 17.8 Å². The summed E-state index contributed by atoms with van der Waals surface area (Å²) < 4.78 is 11.7. The zero-order valence-electron chi connectivity index (χ0n) is 22.5. The van der Waals surface area contributed by atoms with Crippen LogP contribution in [0, 0.1) is 24.7 Å². The van der Waals surface area contributed by atoms with Crippen LogP contribution >= 0.6 is 0 Å². The first-order valence-electron chi connectivity index (χ1n) is 13.6. The number of hydrogen-bond acceptors (Lipinski definition) is 5. The number of oxazole rings is 1. The number of aromatic nitrogens is 1. The number of aliphatic carboxylic acids is 1. The minimum absolute atomic E-state index is 0.0975. The summed E-state index contributed by atoms with van der Waals surface area (Å²) in [5, 5.41) is 12.5. The zero-order chi connectivity index (χ0) is 27.1. The Morgan fingerprint density at radius 2 is 1.74 bits per heavy atom. The molecule has 3 aromatic rings. The third-order valence-corrected chi connectivity index (χ3v) is 7.58. The molecule has 1 heterocycles. The van der Waals surface area contributed by atoms with Crippen molar-refractivity contribution >= 4 is 11.9 Å². The molecule has 0 radical (unpaired) electrons. The maximum absolute atomic E-state index is 12.8. The minimum atomic E-state index is -1.02. The minimum Gasteiger partial charge on any atom is -0.493 e. The highest BCUT2D eigenvalue weighted by atomic mass is 16.5. The Morgan fingerprint density at radius 3 is 2.37 bits per heavy atom. The summed E-state index contributed by atoms with van der Waals surface area (Å²) in [6, 6.07) is 16.2. The third-order valence-electron chi connectivity index (χ3n) is 7.58. The quantitative estimate of drug-likeness (QED) is 0.330. The predicted octanol–water partition coefficient (Wildman–Crippen LogP) is 5.85. The average molecular weight is 519 g/mol. The van der Waals surface area contributed by atoms with E-state index in [4.69, 9.17) is 9.15 Å². The van der Waals surface area contributed by atoms with Crippen molar-refractivity contribution in [3.05, 3.63) is 71.6 Å². The first-order chi connectivity index (χ1) is 18.3. The van der Waals surface area contributed by atoms with Gasteiger partial charge in [0.05, 0.1) is 12.3 Å². The Morgan fingerprint density at radius 1 is 1.05 bits per heavy atom. The molecule has 2 aromatic carbocycles. The van der Waals surface area contributed by atoms with Crippen LogP contribution in [0.15, 0.2) is 59.0 Å². The van der Waals surface area contributed by atoms with Crippen LogP contribution in [0.2, 0.25) is 0 Å². The Bertz CT molecular complexity index is 1190. The number of carbonyl (C=O) groups excluding carboxylic acids is 1. The topological polar surface area (TPSA) is 102 Å². The summed E-state index contributed by atoms with van der Waals surface area (Å²) in [5.41, 5.74) is 2.62. The number of rotatable bonds is 11. The first-order valence-corrected chi connectivity index (χ1v) is 13.6. The summed E-state index contributed by atoms with van der Waals surface area (Å²) >= 11 is 0. The number of carbonyl (C=O) groups is 2. The van der Waals surface area contributed by atoms with E-state index in [1.807, 2.05) is 61.5 Å². The highest BCUT2D eigenvalue weighted by molar-refractivity contribution is 5.85. The van der Waals surface area contributed by atoms with Crippen molar-refractivity contribution < 1.29 is 23.8 Å². The van der Waals surface area contributed by atoms with Crippen LogP contribution in [0.3, 0.4) is 0 Å². The summed E-state index contributed by atoms with van der Waals surface area (Å²) in [4.78, 5) is 29.2. The molecule has 1 aromatic heterocycles. The van der Waals surface area contributed by atoms with Gasteiger partial charge in [-0.2, -0.15) is 0 Å². The lowest BCUT2D eigenvalue weighted by atomic mass is 9.76. The van der Waals surface area contributed by atoms with E-state index >= 15 is 0 Å². The fraction of sp³-hybridized carbons (Fsp3) is 0.452. The summed E-state index contributed by atoms with van der Waals surface area (Å²) in [6.07, 6.45) is 4.54. The Kier molecular flexibility index (Phi) is 9.21. The molecule has 0 saturated heterocycles. The highest BCUT2D eigenvalue weighted by Crippen LogP contribution is 2.33. The number of benzene rings is 2. The monoisotopic (exact) mass is 518 g/mol. The lowest BCUT2D eigenvalue weighted by Gasteiger charge is -2.30. The fourth-order valence-corrected chi connectivity index (χ4v) is 5.12. The number of carboxylic acid groups (broad SMARTS) is 1. The van der Waals surface area contributed by atoms with Crippen molar-refractivity contribution in [1.82, 2.24) is 10.3 Å². The normalized spacial score (nSPS) is 18.2. The molecule has 7 heteroatoms. The Balaban J connectivity index is 1.26. The van der Waals surface area contributed by atoms with Gasteiger partial charge in [-0.05, 0) is 74.3 Å². The van der Waals surface area contributed by atoms with E-state index in [9.17, 15) is 14.7 Å². The highest BCUT2D eigenvalue weighted by Gasteiger charge is 2.30. The van der Waals surface area contributed by atoms with Crippen LogP contribution in [-0.4, -0.2) is 34.6 Å². The van der Waals surface area contributed by atoms with Gasteiger partial charge in [-0.25, -0.2) is 9.78 Å². The predicted molar refractivity (Wildman–Crippen MR) is 146 cm³/mol. The molecule has 1 aliphatic carbocycles. The smallest absolute Gasteiger partial charge is 0.326 e. The van der Waals surface area contributed by atoms with Crippen LogP contribution in [0.5, 0.6) is 5.75 Å². The van der Waals surface area contributed by atoms with E-state index in [1.54, 1.807) is 0 Å². The molecule has 1 saturated carbocycles. The molecule has 202 valence electrons. The van der Waals surface area contributed by atoms with Crippen LogP contribution in [0.4, 0.5) is 0 Å². The van der Waals surface area contributed by atoms with Gasteiger partial charge in [-0.1, -0.05) is 44.2 Å². The van der Waals surface area contributed by atoms with E-state index in [0.717, 1.165) is 48.3 Å². The molecule has 0 bridgehead atoms. The maximum Gasteiger partial charge on any atom is 0.326 e. The summed E-state index contributed by atoms with van der Waals surface area (Å²) in [6.45, 7) is 6.79. The molecule has 7 nitrogen and oxygen atoms in total. The Labute approximate surface area is 224 Å². The molecular formula is C31H38N2O5.